The van der Waals surface area contributed by atoms with Gasteiger partial charge in [-0.1, -0.05) is 35.0 Å². The first kappa shape index (κ1) is 11.7. The Morgan fingerprint density at radius 2 is 2.21 bits per heavy atom. The van der Waals surface area contributed by atoms with Gasteiger partial charge in [-0.25, -0.2) is 0 Å². The fourth-order valence-electron chi connectivity index (χ4n) is 1.41. The Kier molecular flexibility index (Phi) is 4.58. The summed E-state index contributed by atoms with van der Waals surface area (Å²) < 4.78 is 0.998. The molecule has 14 heavy (non-hydrogen) atoms. The lowest BCUT2D eigenvalue weighted by Gasteiger charge is -2.19. The van der Waals surface area contributed by atoms with Crippen LogP contribution in [-0.2, 0) is 0 Å². The lowest BCUT2D eigenvalue weighted by atomic mass is 10.0. The van der Waals surface area contributed by atoms with Crippen LogP contribution in [0.2, 0.25) is 0 Å². The number of nitrogens with one attached hydrogen (secondary N) is 1. The third-order valence-electron chi connectivity index (χ3n) is 2.19. The van der Waals surface area contributed by atoms with Crippen molar-refractivity contribution in [3.8, 4) is 0 Å². The molecule has 0 fully saturated rings. The van der Waals surface area contributed by atoms with Crippen molar-refractivity contribution in [1.82, 2.24) is 5.32 Å². The van der Waals surface area contributed by atoms with E-state index in [0.29, 0.717) is 0 Å². The molecule has 0 heterocycles. The van der Waals surface area contributed by atoms with E-state index in [1.807, 2.05) is 38.1 Å². The second kappa shape index (κ2) is 5.49. The van der Waals surface area contributed by atoms with E-state index in [4.69, 9.17) is 0 Å². The summed E-state index contributed by atoms with van der Waals surface area (Å²) in [5.41, 5.74) is 0.938. The molecule has 0 aliphatic carbocycles. The van der Waals surface area contributed by atoms with Crippen molar-refractivity contribution in [2.45, 2.75) is 26.0 Å². The zero-order valence-electron chi connectivity index (χ0n) is 8.50. The molecule has 0 aliphatic rings. The first-order valence-electron chi connectivity index (χ1n) is 4.82. The first-order valence-corrected chi connectivity index (χ1v) is 5.61. The number of aliphatic hydroxyl groups excluding tert-OH is 1. The van der Waals surface area contributed by atoms with E-state index in [-0.39, 0.29) is 6.04 Å². The number of halogens is 1. The van der Waals surface area contributed by atoms with Gasteiger partial charge >= 0.3 is 0 Å². The van der Waals surface area contributed by atoms with Crippen LogP contribution in [-0.4, -0.2) is 17.7 Å². The molecule has 0 saturated heterocycles. The van der Waals surface area contributed by atoms with Gasteiger partial charge in [0.2, 0.25) is 0 Å². The Bertz CT molecular complexity index is 290. The van der Waals surface area contributed by atoms with Gasteiger partial charge in [0, 0.05) is 10.5 Å². The van der Waals surface area contributed by atoms with Crippen LogP contribution in [0.1, 0.15) is 25.5 Å². The molecule has 1 rings (SSSR count). The molecule has 78 valence electrons. The largest absolute Gasteiger partial charge is 0.387 e. The van der Waals surface area contributed by atoms with Crippen molar-refractivity contribution in [2.75, 3.05) is 6.54 Å². The second-order valence-electron chi connectivity index (χ2n) is 3.35. The lowest BCUT2D eigenvalue weighted by Crippen LogP contribution is -2.31. The predicted molar refractivity (Wildman–Crippen MR) is 62.2 cm³/mol. The molecule has 0 bridgehead atoms. The summed E-state index contributed by atoms with van der Waals surface area (Å²) >= 11 is 3.39. The van der Waals surface area contributed by atoms with Crippen molar-refractivity contribution in [3.05, 3.63) is 34.3 Å². The summed E-state index contributed by atoms with van der Waals surface area (Å²) in [6.45, 7) is 4.88. The molecule has 0 radical (unpaired) electrons. The minimum atomic E-state index is -0.451. The SMILES string of the molecule is CCNC(C)C(O)c1cccc(Br)c1. The van der Waals surface area contributed by atoms with Crippen LogP contribution in [0.4, 0.5) is 0 Å². The minimum Gasteiger partial charge on any atom is -0.387 e. The Labute approximate surface area is 93.5 Å². The van der Waals surface area contributed by atoms with Gasteiger partial charge in [0.05, 0.1) is 6.10 Å². The molecule has 2 N–H and O–H groups in total. The van der Waals surface area contributed by atoms with Crippen LogP contribution in [0.25, 0.3) is 0 Å². The highest BCUT2D eigenvalue weighted by molar-refractivity contribution is 9.10. The van der Waals surface area contributed by atoms with Crippen molar-refractivity contribution in [1.29, 1.82) is 0 Å². The summed E-state index contributed by atoms with van der Waals surface area (Å²) in [6.07, 6.45) is -0.451. The van der Waals surface area contributed by atoms with E-state index in [1.54, 1.807) is 0 Å². The summed E-state index contributed by atoms with van der Waals surface area (Å²) in [5, 5.41) is 13.2. The number of hydrogen-bond acceptors (Lipinski definition) is 2. The van der Waals surface area contributed by atoms with E-state index in [1.165, 1.54) is 0 Å². The number of rotatable bonds is 4. The smallest absolute Gasteiger partial charge is 0.0940 e. The fraction of sp³-hybridized carbons (Fsp3) is 0.455. The molecular formula is C11H16BrNO. The number of aliphatic hydroxyl groups is 1. The number of hydrogen-bond donors (Lipinski definition) is 2. The Balaban J connectivity index is 2.73. The van der Waals surface area contributed by atoms with Gasteiger partial charge in [0.15, 0.2) is 0 Å². The lowest BCUT2D eigenvalue weighted by molar-refractivity contribution is 0.137. The van der Waals surface area contributed by atoms with E-state index >= 15 is 0 Å². The molecule has 2 atom stereocenters. The van der Waals surface area contributed by atoms with Crippen LogP contribution in [0, 0.1) is 0 Å². The second-order valence-corrected chi connectivity index (χ2v) is 4.26. The van der Waals surface area contributed by atoms with Gasteiger partial charge < -0.3 is 10.4 Å². The maximum atomic E-state index is 9.96. The molecule has 1 aromatic rings. The van der Waals surface area contributed by atoms with Crippen LogP contribution in [0.15, 0.2) is 28.7 Å². The molecule has 3 heteroatoms. The monoisotopic (exact) mass is 257 g/mol. The number of benzene rings is 1. The zero-order chi connectivity index (χ0) is 10.6. The normalized spacial score (nSPS) is 15.1. The van der Waals surface area contributed by atoms with Gasteiger partial charge in [-0.2, -0.15) is 0 Å². The van der Waals surface area contributed by atoms with Crippen LogP contribution in [0.5, 0.6) is 0 Å². The van der Waals surface area contributed by atoms with Crippen LogP contribution >= 0.6 is 15.9 Å². The van der Waals surface area contributed by atoms with Crippen molar-refractivity contribution in [3.63, 3.8) is 0 Å². The van der Waals surface area contributed by atoms with Crippen LogP contribution < -0.4 is 5.32 Å². The van der Waals surface area contributed by atoms with Gasteiger partial charge in [0.25, 0.3) is 0 Å². The zero-order valence-corrected chi connectivity index (χ0v) is 10.1. The Morgan fingerprint density at radius 3 is 2.79 bits per heavy atom. The average molecular weight is 258 g/mol. The maximum absolute atomic E-state index is 9.96. The highest BCUT2D eigenvalue weighted by atomic mass is 79.9. The molecular weight excluding hydrogens is 242 g/mol. The molecule has 1 aromatic carbocycles. The van der Waals surface area contributed by atoms with Gasteiger partial charge in [-0.15, -0.1) is 0 Å². The Morgan fingerprint density at radius 1 is 1.50 bits per heavy atom. The van der Waals surface area contributed by atoms with E-state index < -0.39 is 6.10 Å². The average Bonchev–Trinajstić information content (AvgIpc) is 2.17. The molecule has 0 aromatic heterocycles. The predicted octanol–water partition coefficient (Wildman–Crippen LogP) is 2.48. The van der Waals surface area contributed by atoms with Gasteiger partial charge in [-0.3, -0.25) is 0 Å². The summed E-state index contributed by atoms with van der Waals surface area (Å²) in [4.78, 5) is 0. The quantitative estimate of drug-likeness (QED) is 0.869. The van der Waals surface area contributed by atoms with Crippen LogP contribution in [0.3, 0.4) is 0 Å². The molecule has 0 aliphatic heterocycles. The molecule has 0 spiro atoms. The number of likely N-dealkylation sites (N-methyl/N-ethyl adjacent to an activating group) is 1. The minimum absolute atomic E-state index is 0.0781. The summed E-state index contributed by atoms with van der Waals surface area (Å²) in [6, 6.07) is 7.84. The van der Waals surface area contributed by atoms with Gasteiger partial charge in [-0.05, 0) is 31.2 Å². The van der Waals surface area contributed by atoms with Crippen molar-refractivity contribution in [2.24, 2.45) is 0 Å². The fourth-order valence-corrected chi connectivity index (χ4v) is 1.83. The van der Waals surface area contributed by atoms with Crippen molar-refractivity contribution >= 4 is 15.9 Å². The third kappa shape index (κ3) is 3.08. The van der Waals surface area contributed by atoms with E-state index in [0.717, 1.165) is 16.6 Å². The Hall–Kier alpha value is -0.380. The maximum Gasteiger partial charge on any atom is 0.0940 e. The summed E-state index contributed by atoms with van der Waals surface area (Å²) in [7, 11) is 0. The molecule has 0 saturated carbocycles. The standard InChI is InChI=1S/C11H16BrNO/c1-3-13-8(2)11(14)9-5-4-6-10(12)7-9/h4-8,11,13-14H,3H2,1-2H3. The highest BCUT2D eigenvalue weighted by Crippen LogP contribution is 2.20. The molecule has 2 unspecified atom stereocenters. The molecule has 2 nitrogen and oxygen atoms in total. The first-order chi connectivity index (χ1) is 6.65. The van der Waals surface area contributed by atoms with Gasteiger partial charge in [0.1, 0.15) is 0 Å². The highest BCUT2D eigenvalue weighted by Gasteiger charge is 2.14. The topological polar surface area (TPSA) is 32.3 Å². The summed E-state index contributed by atoms with van der Waals surface area (Å²) in [5.74, 6) is 0. The van der Waals surface area contributed by atoms with Crippen molar-refractivity contribution < 1.29 is 5.11 Å². The van der Waals surface area contributed by atoms with E-state index in [9.17, 15) is 5.11 Å². The molecule has 0 amide bonds. The van der Waals surface area contributed by atoms with E-state index in [2.05, 4.69) is 21.2 Å². The third-order valence-corrected chi connectivity index (χ3v) is 2.68.